The molecule has 0 spiro atoms. The Balaban J connectivity index is 1.47. The molecule has 1 aliphatic heterocycles. The highest BCUT2D eigenvalue weighted by atomic mass is 35.5. The standard InChI is InChI=1S/C22H18ClN3/c23-19-7-4-8-20(15-19)24-16-17-9-11-21(12-10-17)26-14-13-22(25-26)18-5-2-1-3-6-18/h1-12,15-16H,13-14H2. The van der Waals surface area contributed by atoms with E-state index < -0.39 is 0 Å². The molecule has 4 rings (SSSR count). The van der Waals surface area contributed by atoms with Crippen LogP contribution in [0, 0.1) is 0 Å². The van der Waals surface area contributed by atoms with Crippen molar-refractivity contribution in [1.82, 2.24) is 0 Å². The molecule has 0 atom stereocenters. The zero-order valence-electron chi connectivity index (χ0n) is 14.2. The van der Waals surface area contributed by atoms with E-state index in [4.69, 9.17) is 16.7 Å². The van der Waals surface area contributed by atoms with Gasteiger partial charge in [-0.2, -0.15) is 5.10 Å². The Morgan fingerprint density at radius 2 is 1.73 bits per heavy atom. The highest BCUT2D eigenvalue weighted by Crippen LogP contribution is 2.22. The van der Waals surface area contributed by atoms with Crippen LogP contribution in [0.4, 0.5) is 11.4 Å². The van der Waals surface area contributed by atoms with E-state index in [1.807, 2.05) is 36.5 Å². The first-order valence-electron chi connectivity index (χ1n) is 8.58. The maximum atomic E-state index is 5.98. The van der Waals surface area contributed by atoms with Crippen LogP contribution in [-0.2, 0) is 0 Å². The number of hydrogen-bond donors (Lipinski definition) is 0. The van der Waals surface area contributed by atoms with Crippen molar-refractivity contribution < 1.29 is 0 Å². The molecule has 0 amide bonds. The summed E-state index contributed by atoms with van der Waals surface area (Å²) in [7, 11) is 0. The lowest BCUT2D eigenvalue weighted by molar-refractivity contribution is 0.922. The normalized spacial score (nSPS) is 14.0. The fraction of sp³-hybridized carbons (Fsp3) is 0.0909. The van der Waals surface area contributed by atoms with Gasteiger partial charge in [-0.1, -0.05) is 60.1 Å². The van der Waals surface area contributed by atoms with Crippen LogP contribution >= 0.6 is 11.6 Å². The summed E-state index contributed by atoms with van der Waals surface area (Å²) in [4.78, 5) is 4.47. The molecule has 0 aromatic heterocycles. The third-order valence-corrected chi connectivity index (χ3v) is 4.51. The van der Waals surface area contributed by atoms with Crippen LogP contribution in [0.15, 0.2) is 89.0 Å². The summed E-state index contributed by atoms with van der Waals surface area (Å²) in [6.07, 6.45) is 2.81. The second kappa shape index (κ2) is 7.54. The Morgan fingerprint density at radius 3 is 2.50 bits per heavy atom. The summed E-state index contributed by atoms with van der Waals surface area (Å²) in [5.41, 5.74) is 5.31. The van der Waals surface area contributed by atoms with Gasteiger partial charge in [-0.3, -0.25) is 10.0 Å². The van der Waals surface area contributed by atoms with E-state index in [9.17, 15) is 0 Å². The molecule has 4 heteroatoms. The molecule has 0 N–H and O–H groups in total. The number of halogens is 1. The molecule has 0 aliphatic carbocycles. The van der Waals surface area contributed by atoms with E-state index in [1.54, 1.807) is 0 Å². The number of aliphatic imine (C=N–C) groups is 1. The highest BCUT2D eigenvalue weighted by Gasteiger charge is 2.16. The van der Waals surface area contributed by atoms with Crippen LogP contribution in [0.2, 0.25) is 5.02 Å². The van der Waals surface area contributed by atoms with Crippen molar-refractivity contribution in [3.63, 3.8) is 0 Å². The lowest BCUT2D eigenvalue weighted by Crippen LogP contribution is -2.11. The smallest absolute Gasteiger partial charge is 0.0700 e. The Labute approximate surface area is 158 Å². The summed E-state index contributed by atoms with van der Waals surface area (Å²) in [6.45, 7) is 0.903. The van der Waals surface area contributed by atoms with E-state index >= 15 is 0 Å². The van der Waals surface area contributed by atoms with Crippen LogP contribution in [0.1, 0.15) is 17.5 Å². The maximum absolute atomic E-state index is 5.98. The van der Waals surface area contributed by atoms with Gasteiger partial charge in [0.1, 0.15) is 0 Å². The molecule has 0 unspecified atom stereocenters. The molecular formula is C22H18ClN3. The average molecular weight is 360 g/mol. The molecule has 3 nitrogen and oxygen atoms in total. The number of hydrazone groups is 1. The Kier molecular flexibility index (Phi) is 4.80. The second-order valence-corrected chi connectivity index (χ2v) is 6.55. The molecule has 3 aromatic carbocycles. The van der Waals surface area contributed by atoms with Gasteiger partial charge in [0.15, 0.2) is 0 Å². The summed E-state index contributed by atoms with van der Waals surface area (Å²) < 4.78 is 0. The summed E-state index contributed by atoms with van der Waals surface area (Å²) in [6, 6.07) is 26.1. The molecule has 0 fully saturated rings. The van der Waals surface area contributed by atoms with E-state index in [0.717, 1.165) is 35.6 Å². The molecule has 0 radical (unpaired) electrons. The van der Waals surface area contributed by atoms with Gasteiger partial charge in [-0.15, -0.1) is 0 Å². The lowest BCUT2D eigenvalue weighted by Gasteiger charge is -2.13. The van der Waals surface area contributed by atoms with Gasteiger partial charge in [-0.05, 0) is 41.5 Å². The monoisotopic (exact) mass is 359 g/mol. The number of anilines is 1. The Bertz CT molecular complexity index is 947. The van der Waals surface area contributed by atoms with Gasteiger partial charge in [0.05, 0.1) is 17.1 Å². The number of hydrogen-bond acceptors (Lipinski definition) is 3. The van der Waals surface area contributed by atoms with Crippen molar-refractivity contribution in [3.05, 3.63) is 95.0 Å². The van der Waals surface area contributed by atoms with Crippen LogP contribution in [0.3, 0.4) is 0 Å². The molecule has 0 saturated heterocycles. The molecule has 3 aromatic rings. The van der Waals surface area contributed by atoms with Crippen LogP contribution in [0.5, 0.6) is 0 Å². The minimum atomic E-state index is 0.691. The molecule has 26 heavy (non-hydrogen) atoms. The summed E-state index contributed by atoms with van der Waals surface area (Å²) >= 11 is 5.98. The van der Waals surface area contributed by atoms with Crippen LogP contribution < -0.4 is 5.01 Å². The third-order valence-electron chi connectivity index (χ3n) is 4.27. The van der Waals surface area contributed by atoms with E-state index in [2.05, 4.69) is 58.5 Å². The average Bonchev–Trinajstić information content (AvgIpc) is 3.18. The molecule has 1 aliphatic rings. The minimum absolute atomic E-state index is 0.691. The highest BCUT2D eigenvalue weighted by molar-refractivity contribution is 6.30. The van der Waals surface area contributed by atoms with Crippen molar-refractivity contribution in [2.45, 2.75) is 6.42 Å². The first-order valence-corrected chi connectivity index (χ1v) is 8.96. The maximum Gasteiger partial charge on any atom is 0.0700 e. The van der Waals surface area contributed by atoms with Crippen molar-refractivity contribution in [1.29, 1.82) is 0 Å². The first kappa shape index (κ1) is 16.6. The topological polar surface area (TPSA) is 28.0 Å². The summed E-state index contributed by atoms with van der Waals surface area (Å²) in [5.74, 6) is 0. The van der Waals surface area contributed by atoms with E-state index in [0.29, 0.717) is 5.02 Å². The second-order valence-electron chi connectivity index (χ2n) is 6.12. The van der Waals surface area contributed by atoms with Crippen LogP contribution in [0.25, 0.3) is 0 Å². The SMILES string of the molecule is Clc1cccc(N=Cc2ccc(N3CCC(c4ccccc4)=N3)cc2)c1. The molecule has 1 heterocycles. The minimum Gasteiger partial charge on any atom is -0.265 e. The van der Waals surface area contributed by atoms with E-state index in [1.165, 1.54) is 5.56 Å². The molecular weight excluding hydrogens is 342 g/mol. The number of rotatable bonds is 4. The first-order chi connectivity index (χ1) is 12.8. The molecule has 0 bridgehead atoms. The van der Waals surface area contributed by atoms with E-state index in [-0.39, 0.29) is 0 Å². The van der Waals surface area contributed by atoms with Gasteiger partial charge < -0.3 is 0 Å². The zero-order valence-corrected chi connectivity index (χ0v) is 15.0. The van der Waals surface area contributed by atoms with Gasteiger partial charge in [0.2, 0.25) is 0 Å². The van der Waals surface area contributed by atoms with Gasteiger partial charge in [0, 0.05) is 24.2 Å². The van der Waals surface area contributed by atoms with Crippen molar-refractivity contribution in [2.24, 2.45) is 10.1 Å². The predicted molar refractivity (Wildman–Crippen MR) is 110 cm³/mol. The van der Waals surface area contributed by atoms with Gasteiger partial charge in [-0.25, -0.2) is 0 Å². The van der Waals surface area contributed by atoms with Gasteiger partial charge in [0.25, 0.3) is 0 Å². The third kappa shape index (κ3) is 3.84. The quantitative estimate of drug-likeness (QED) is 0.549. The largest absolute Gasteiger partial charge is 0.265 e. The molecule has 128 valence electrons. The van der Waals surface area contributed by atoms with Crippen LogP contribution in [-0.4, -0.2) is 18.5 Å². The number of benzene rings is 3. The fourth-order valence-electron chi connectivity index (χ4n) is 2.91. The van der Waals surface area contributed by atoms with Crippen molar-refractivity contribution in [3.8, 4) is 0 Å². The lowest BCUT2D eigenvalue weighted by atomic mass is 10.1. The van der Waals surface area contributed by atoms with Gasteiger partial charge >= 0.3 is 0 Å². The fourth-order valence-corrected chi connectivity index (χ4v) is 3.10. The summed E-state index contributed by atoms with van der Waals surface area (Å²) in [5, 5.41) is 7.51. The predicted octanol–water partition coefficient (Wildman–Crippen LogP) is 5.71. The zero-order chi connectivity index (χ0) is 17.8. The Morgan fingerprint density at radius 1 is 0.923 bits per heavy atom. The van der Waals surface area contributed by atoms with Crippen molar-refractivity contribution >= 4 is 34.9 Å². The molecule has 0 saturated carbocycles. The Hall–Kier alpha value is -2.91. The van der Waals surface area contributed by atoms with Crippen molar-refractivity contribution in [2.75, 3.05) is 11.6 Å². The number of nitrogens with zero attached hydrogens (tertiary/aromatic N) is 3.